The Morgan fingerprint density at radius 1 is 1.23 bits per heavy atom. The van der Waals surface area contributed by atoms with Crippen molar-refractivity contribution >= 4 is 40.1 Å². The van der Waals surface area contributed by atoms with Crippen LogP contribution in [0.1, 0.15) is 23.4 Å². The number of nitrogens with zero attached hydrogens (tertiary/aromatic N) is 2. The number of carbonyl (C=O) groups excluding carboxylic acids is 3. The number of fused-ring (bicyclic) bond motifs is 1. The number of hydrogen-bond donors (Lipinski definition) is 3. The molecule has 0 spiro atoms. The Morgan fingerprint density at radius 3 is 2.93 bits per heavy atom. The smallest absolute Gasteiger partial charge is 0.324 e. The van der Waals surface area contributed by atoms with Crippen LogP contribution in [0.25, 0.3) is 10.9 Å². The Kier molecular flexibility index (Phi) is 6.08. The van der Waals surface area contributed by atoms with Crippen LogP contribution in [-0.2, 0) is 22.4 Å². The van der Waals surface area contributed by atoms with Crippen molar-refractivity contribution in [1.82, 2.24) is 25.5 Å². The minimum atomic E-state index is -0.648. The molecule has 0 bridgehead atoms. The molecule has 1 aromatic carbocycles. The number of nitrogens with one attached hydrogen (secondary N) is 3. The van der Waals surface area contributed by atoms with E-state index in [0.29, 0.717) is 25.9 Å². The molecule has 30 heavy (non-hydrogen) atoms. The van der Waals surface area contributed by atoms with Crippen LogP contribution in [0.15, 0.2) is 42.0 Å². The SMILES string of the molecule is O=C(CC[C@@H]1NC(=O)N(CCc2c[nH]c3ccccc23)C1=O)NCCc1nccs1. The molecule has 8 nitrogen and oxygen atoms in total. The van der Waals surface area contributed by atoms with Gasteiger partial charge in [0.15, 0.2) is 0 Å². The zero-order valence-electron chi connectivity index (χ0n) is 16.4. The summed E-state index contributed by atoms with van der Waals surface area (Å²) in [6, 6.07) is 6.89. The van der Waals surface area contributed by atoms with E-state index in [2.05, 4.69) is 20.6 Å². The molecule has 9 heteroatoms. The van der Waals surface area contributed by atoms with E-state index in [4.69, 9.17) is 0 Å². The zero-order valence-corrected chi connectivity index (χ0v) is 17.2. The first kappa shape index (κ1) is 20.1. The summed E-state index contributed by atoms with van der Waals surface area (Å²) in [5.41, 5.74) is 2.10. The second kappa shape index (κ2) is 9.08. The van der Waals surface area contributed by atoms with Crippen LogP contribution < -0.4 is 10.6 Å². The first-order chi connectivity index (χ1) is 14.6. The molecule has 4 rings (SSSR count). The van der Waals surface area contributed by atoms with Gasteiger partial charge in [-0.3, -0.25) is 14.5 Å². The van der Waals surface area contributed by atoms with E-state index in [9.17, 15) is 14.4 Å². The molecule has 3 N–H and O–H groups in total. The molecule has 0 saturated carbocycles. The van der Waals surface area contributed by atoms with Crippen molar-refractivity contribution in [1.29, 1.82) is 0 Å². The molecule has 0 unspecified atom stereocenters. The number of imide groups is 1. The predicted octanol–water partition coefficient (Wildman–Crippen LogP) is 2.23. The highest BCUT2D eigenvalue weighted by atomic mass is 32.1. The highest BCUT2D eigenvalue weighted by Gasteiger charge is 2.37. The number of amides is 4. The fourth-order valence-corrected chi connectivity index (χ4v) is 4.22. The molecule has 156 valence electrons. The summed E-state index contributed by atoms with van der Waals surface area (Å²) in [6.07, 6.45) is 5.39. The molecule has 0 aliphatic carbocycles. The van der Waals surface area contributed by atoms with E-state index in [1.54, 1.807) is 17.5 Å². The third-order valence-electron chi connectivity index (χ3n) is 5.19. The van der Waals surface area contributed by atoms with Crippen LogP contribution >= 0.6 is 11.3 Å². The molecule has 1 aliphatic rings. The van der Waals surface area contributed by atoms with Gasteiger partial charge in [0.05, 0.1) is 5.01 Å². The maximum atomic E-state index is 12.6. The average Bonchev–Trinajstić information content (AvgIpc) is 3.46. The van der Waals surface area contributed by atoms with Gasteiger partial charge < -0.3 is 15.6 Å². The van der Waals surface area contributed by atoms with Gasteiger partial charge in [0.2, 0.25) is 5.91 Å². The average molecular weight is 426 g/mol. The number of benzene rings is 1. The van der Waals surface area contributed by atoms with E-state index in [0.717, 1.165) is 21.5 Å². The van der Waals surface area contributed by atoms with Crippen molar-refractivity contribution in [2.45, 2.75) is 31.7 Å². The summed E-state index contributed by atoms with van der Waals surface area (Å²) in [5, 5.41) is 9.49. The second-order valence-corrected chi connectivity index (χ2v) is 8.15. The largest absolute Gasteiger partial charge is 0.361 e. The number of aromatic amines is 1. The maximum Gasteiger partial charge on any atom is 0.324 e. The van der Waals surface area contributed by atoms with Crippen LogP contribution in [0.5, 0.6) is 0 Å². The van der Waals surface area contributed by atoms with E-state index in [1.807, 2.05) is 35.8 Å². The van der Waals surface area contributed by atoms with Crippen molar-refractivity contribution < 1.29 is 14.4 Å². The summed E-state index contributed by atoms with van der Waals surface area (Å²) >= 11 is 1.55. The summed E-state index contributed by atoms with van der Waals surface area (Å²) in [7, 11) is 0. The van der Waals surface area contributed by atoms with Gasteiger partial charge in [-0.15, -0.1) is 11.3 Å². The van der Waals surface area contributed by atoms with Crippen molar-refractivity contribution in [2.24, 2.45) is 0 Å². The summed E-state index contributed by atoms with van der Waals surface area (Å²) in [5.74, 6) is -0.402. The number of hydrogen-bond acceptors (Lipinski definition) is 5. The number of thiazole rings is 1. The van der Waals surface area contributed by atoms with E-state index >= 15 is 0 Å². The van der Waals surface area contributed by atoms with E-state index in [-0.39, 0.29) is 24.7 Å². The Balaban J connectivity index is 1.23. The second-order valence-electron chi connectivity index (χ2n) is 7.17. The van der Waals surface area contributed by atoms with Crippen molar-refractivity contribution in [3.8, 4) is 0 Å². The molecule has 1 aliphatic heterocycles. The third-order valence-corrected chi connectivity index (χ3v) is 6.03. The van der Waals surface area contributed by atoms with Crippen molar-refractivity contribution in [3.05, 3.63) is 52.6 Å². The Hall–Kier alpha value is -3.20. The first-order valence-electron chi connectivity index (χ1n) is 9.94. The van der Waals surface area contributed by atoms with Gasteiger partial charge in [0.25, 0.3) is 5.91 Å². The van der Waals surface area contributed by atoms with Crippen LogP contribution in [0, 0.1) is 0 Å². The minimum absolute atomic E-state index is 0.133. The standard InChI is InChI=1S/C21H23N5O3S/c27-18(22-9-7-19-23-10-12-30-19)6-5-17-20(28)26(21(29)25-17)11-8-14-13-24-16-4-2-1-3-15(14)16/h1-4,10,12-13,17,24H,5-9,11H2,(H,22,27)(H,25,29)/t17-/m0/s1. The van der Waals surface area contributed by atoms with Gasteiger partial charge in [0.1, 0.15) is 6.04 Å². The molecule has 1 atom stereocenters. The van der Waals surface area contributed by atoms with Gasteiger partial charge in [-0.05, 0) is 24.5 Å². The molecular weight excluding hydrogens is 402 g/mol. The predicted molar refractivity (Wildman–Crippen MR) is 114 cm³/mol. The van der Waals surface area contributed by atoms with Crippen molar-refractivity contribution in [2.75, 3.05) is 13.1 Å². The highest BCUT2D eigenvalue weighted by Crippen LogP contribution is 2.19. The van der Waals surface area contributed by atoms with E-state index in [1.165, 1.54) is 4.90 Å². The molecule has 0 radical (unpaired) electrons. The van der Waals surface area contributed by atoms with Crippen LogP contribution in [-0.4, -0.2) is 51.8 Å². The van der Waals surface area contributed by atoms with Crippen LogP contribution in [0.4, 0.5) is 4.79 Å². The molecule has 4 amide bonds. The lowest BCUT2D eigenvalue weighted by atomic mass is 10.1. The fraction of sp³-hybridized carbons (Fsp3) is 0.333. The van der Waals surface area contributed by atoms with Crippen molar-refractivity contribution in [3.63, 3.8) is 0 Å². The first-order valence-corrected chi connectivity index (χ1v) is 10.8. The summed E-state index contributed by atoms with van der Waals surface area (Å²) in [6.45, 7) is 0.817. The third kappa shape index (κ3) is 4.51. The number of rotatable bonds is 9. The quantitative estimate of drug-likeness (QED) is 0.457. The van der Waals surface area contributed by atoms with Crippen LogP contribution in [0.2, 0.25) is 0 Å². The lowest BCUT2D eigenvalue weighted by Gasteiger charge is -2.12. The Bertz CT molecular complexity index is 1050. The number of carbonyl (C=O) groups is 3. The van der Waals surface area contributed by atoms with Gasteiger partial charge >= 0.3 is 6.03 Å². The van der Waals surface area contributed by atoms with Gasteiger partial charge in [-0.2, -0.15) is 0 Å². The highest BCUT2D eigenvalue weighted by molar-refractivity contribution is 7.09. The monoisotopic (exact) mass is 425 g/mol. The summed E-state index contributed by atoms with van der Waals surface area (Å²) < 4.78 is 0. The fourth-order valence-electron chi connectivity index (χ4n) is 3.60. The Labute approximate surface area is 177 Å². The Morgan fingerprint density at radius 2 is 2.10 bits per heavy atom. The molecule has 3 heterocycles. The number of urea groups is 1. The number of aromatic nitrogens is 2. The lowest BCUT2D eigenvalue weighted by Crippen LogP contribution is -2.34. The van der Waals surface area contributed by atoms with Gasteiger partial charge in [-0.25, -0.2) is 9.78 Å². The van der Waals surface area contributed by atoms with E-state index < -0.39 is 12.1 Å². The molecular formula is C21H23N5O3S. The molecule has 1 fully saturated rings. The molecule has 3 aromatic rings. The zero-order chi connectivity index (χ0) is 20.9. The van der Waals surface area contributed by atoms with Crippen LogP contribution in [0.3, 0.4) is 0 Å². The molecule has 1 saturated heterocycles. The number of H-pyrrole nitrogens is 1. The lowest BCUT2D eigenvalue weighted by molar-refractivity contribution is -0.127. The number of para-hydroxylation sites is 1. The maximum absolute atomic E-state index is 12.6. The topological polar surface area (TPSA) is 107 Å². The molecule has 2 aromatic heterocycles. The van der Waals surface area contributed by atoms with Gasteiger partial charge in [0, 0.05) is 54.6 Å². The summed E-state index contributed by atoms with van der Waals surface area (Å²) in [4.78, 5) is 45.5. The minimum Gasteiger partial charge on any atom is -0.361 e. The van der Waals surface area contributed by atoms with Gasteiger partial charge in [-0.1, -0.05) is 18.2 Å². The normalized spacial score (nSPS) is 16.3.